The minimum Gasteiger partial charge on any atom is -0.480 e. The van der Waals surface area contributed by atoms with Crippen LogP contribution in [0.4, 0.5) is 5.69 Å². The van der Waals surface area contributed by atoms with Crippen molar-refractivity contribution in [2.45, 2.75) is 25.5 Å². The number of carbonyl (C=O) groups is 2. The molecule has 0 bridgehead atoms. The van der Waals surface area contributed by atoms with Gasteiger partial charge in [0.25, 0.3) is 5.91 Å². The van der Waals surface area contributed by atoms with Crippen LogP contribution in [0.2, 0.25) is 5.02 Å². The van der Waals surface area contributed by atoms with Crippen LogP contribution in [0.1, 0.15) is 23.7 Å². The SMILES string of the molecule is CC(O)CC(NC(=O)c1ccc(NS(C)(=O)=O)cc1Cl)C(=O)O. The maximum absolute atomic E-state index is 12.1. The first kappa shape index (κ1) is 19.2. The summed E-state index contributed by atoms with van der Waals surface area (Å²) >= 11 is 5.93. The van der Waals surface area contributed by atoms with E-state index in [-0.39, 0.29) is 22.7 Å². The average Bonchev–Trinajstić information content (AvgIpc) is 2.35. The Bertz CT molecular complexity index is 704. The van der Waals surface area contributed by atoms with E-state index in [2.05, 4.69) is 10.0 Å². The molecule has 0 fully saturated rings. The number of nitrogens with one attached hydrogen (secondary N) is 2. The molecule has 1 rings (SSSR count). The molecule has 0 aliphatic carbocycles. The van der Waals surface area contributed by atoms with Gasteiger partial charge in [0.05, 0.1) is 22.9 Å². The van der Waals surface area contributed by atoms with Gasteiger partial charge in [0.2, 0.25) is 10.0 Å². The van der Waals surface area contributed by atoms with Crippen molar-refractivity contribution in [2.75, 3.05) is 11.0 Å². The predicted octanol–water partition coefficient (Wildman–Crippen LogP) is 0.665. The number of rotatable bonds is 7. The molecule has 2 atom stereocenters. The number of amides is 1. The number of hydrogen-bond acceptors (Lipinski definition) is 5. The molecule has 10 heteroatoms. The van der Waals surface area contributed by atoms with E-state index in [1.807, 2.05) is 0 Å². The molecule has 4 N–H and O–H groups in total. The molecule has 128 valence electrons. The molecular weight excluding hydrogens is 348 g/mol. The van der Waals surface area contributed by atoms with Crippen LogP contribution in [0.15, 0.2) is 18.2 Å². The van der Waals surface area contributed by atoms with Crippen molar-refractivity contribution < 1.29 is 28.2 Å². The van der Waals surface area contributed by atoms with Crippen molar-refractivity contribution in [3.8, 4) is 0 Å². The molecule has 1 amide bonds. The van der Waals surface area contributed by atoms with E-state index in [1.54, 1.807) is 0 Å². The van der Waals surface area contributed by atoms with Crippen LogP contribution in [0.5, 0.6) is 0 Å². The molecule has 0 saturated heterocycles. The molecule has 8 nitrogen and oxygen atoms in total. The van der Waals surface area contributed by atoms with Gasteiger partial charge in [0.1, 0.15) is 6.04 Å². The van der Waals surface area contributed by atoms with Crippen LogP contribution in [-0.4, -0.2) is 48.9 Å². The van der Waals surface area contributed by atoms with Gasteiger partial charge in [0.15, 0.2) is 0 Å². The number of hydrogen-bond donors (Lipinski definition) is 4. The van der Waals surface area contributed by atoms with Crippen molar-refractivity contribution >= 4 is 39.2 Å². The van der Waals surface area contributed by atoms with Gasteiger partial charge in [-0.05, 0) is 25.1 Å². The highest BCUT2D eigenvalue weighted by atomic mass is 35.5. The maximum Gasteiger partial charge on any atom is 0.326 e. The lowest BCUT2D eigenvalue weighted by Gasteiger charge is -2.16. The number of halogens is 1. The summed E-state index contributed by atoms with van der Waals surface area (Å²) in [5, 5.41) is 20.5. The van der Waals surface area contributed by atoms with Gasteiger partial charge in [-0.2, -0.15) is 0 Å². The maximum atomic E-state index is 12.1. The second-order valence-electron chi connectivity index (χ2n) is 5.02. The highest BCUT2D eigenvalue weighted by Gasteiger charge is 2.23. The summed E-state index contributed by atoms with van der Waals surface area (Å²) in [6.45, 7) is 1.40. The molecule has 23 heavy (non-hydrogen) atoms. The third-order valence-electron chi connectivity index (χ3n) is 2.70. The first-order valence-corrected chi connectivity index (χ1v) is 8.75. The van der Waals surface area contributed by atoms with Crippen molar-refractivity contribution in [1.82, 2.24) is 5.32 Å². The monoisotopic (exact) mass is 364 g/mol. The highest BCUT2D eigenvalue weighted by molar-refractivity contribution is 7.92. The van der Waals surface area contributed by atoms with Crippen molar-refractivity contribution in [3.63, 3.8) is 0 Å². The smallest absolute Gasteiger partial charge is 0.326 e. The second kappa shape index (κ2) is 7.62. The minimum atomic E-state index is -3.49. The van der Waals surface area contributed by atoms with E-state index in [0.717, 1.165) is 6.26 Å². The lowest BCUT2D eigenvalue weighted by molar-refractivity contribution is -0.140. The predicted molar refractivity (Wildman–Crippen MR) is 85.1 cm³/mol. The van der Waals surface area contributed by atoms with E-state index >= 15 is 0 Å². The summed E-state index contributed by atoms with van der Waals surface area (Å²) in [6, 6.07) is 2.56. The summed E-state index contributed by atoms with van der Waals surface area (Å²) < 4.78 is 24.5. The van der Waals surface area contributed by atoms with Crippen LogP contribution < -0.4 is 10.0 Å². The standard InChI is InChI=1S/C13H17ClN2O6S/c1-7(17)5-11(13(19)20)15-12(18)9-4-3-8(6-10(9)14)16-23(2,21)22/h3-4,6-7,11,16-17H,5H2,1-2H3,(H,15,18)(H,19,20). The molecule has 0 saturated carbocycles. The fraction of sp³-hybridized carbons (Fsp3) is 0.385. The Morgan fingerprint density at radius 3 is 2.39 bits per heavy atom. The summed E-state index contributed by atoms with van der Waals surface area (Å²) in [5.41, 5.74) is 0.162. The molecule has 0 aliphatic heterocycles. The molecule has 0 radical (unpaired) electrons. The summed E-state index contributed by atoms with van der Waals surface area (Å²) in [4.78, 5) is 23.1. The molecular formula is C13H17ClN2O6S. The zero-order valence-corrected chi connectivity index (χ0v) is 14.0. The van der Waals surface area contributed by atoms with E-state index in [0.29, 0.717) is 0 Å². The molecule has 1 aromatic rings. The first-order chi connectivity index (χ1) is 10.5. The summed E-state index contributed by atoms with van der Waals surface area (Å²) in [5.74, 6) is -2.03. The Labute approximate surface area is 138 Å². The lowest BCUT2D eigenvalue weighted by Crippen LogP contribution is -2.42. The number of sulfonamides is 1. The largest absolute Gasteiger partial charge is 0.480 e. The fourth-order valence-corrected chi connectivity index (χ4v) is 2.60. The Hall–Kier alpha value is -1.84. The number of carboxylic acid groups (broad SMARTS) is 1. The second-order valence-corrected chi connectivity index (χ2v) is 7.17. The third kappa shape index (κ3) is 6.43. The Morgan fingerprint density at radius 1 is 1.35 bits per heavy atom. The van der Waals surface area contributed by atoms with Gasteiger partial charge in [-0.3, -0.25) is 9.52 Å². The van der Waals surface area contributed by atoms with Gasteiger partial charge in [-0.15, -0.1) is 0 Å². The third-order valence-corrected chi connectivity index (χ3v) is 3.62. The minimum absolute atomic E-state index is 0.0115. The quantitative estimate of drug-likeness (QED) is 0.562. The van der Waals surface area contributed by atoms with Crippen LogP contribution in [0, 0.1) is 0 Å². The van der Waals surface area contributed by atoms with E-state index < -0.39 is 34.0 Å². The van der Waals surface area contributed by atoms with E-state index in [9.17, 15) is 23.1 Å². The topological polar surface area (TPSA) is 133 Å². The number of carboxylic acids is 1. The van der Waals surface area contributed by atoms with Gasteiger partial charge in [-0.25, -0.2) is 13.2 Å². The van der Waals surface area contributed by atoms with Gasteiger partial charge in [0, 0.05) is 12.1 Å². The Kier molecular flexibility index (Phi) is 6.37. The normalized spacial score (nSPS) is 13.9. The van der Waals surface area contributed by atoms with Crippen LogP contribution in [0.25, 0.3) is 0 Å². The van der Waals surface area contributed by atoms with Crippen molar-refractivity contribution in [1.29, 1.82) is 0 Å². The number of anilines is 1. The Morgan fingerprint density at radius 2 is 1.96 bits per heavy atom. The van der Waals surface area contributed by atoms with Crippen LogP contribution >= 0.6 is 11.6 Å². The van der Waals surface area contributed by atoms with E-state index in [1.165, 1.54) is 25.1 Å². The van der Waals surface area contributed by atoms with Crippen LogP contribution in [0.3, 0.4) is 0 Å². The summed E-state index contributed by atoms with van der Waals surface area (Å²) in [6.07, 6.45) is -0.102. The number of aliphatic carboxylic acids is 1. The molecule has 2 unspecified atom stereocenters. The number of aliphatic hydroxyl groups is 1. The van der Waals surface area contributed by atoms with Crippen molar-refractivity contribution in [2.24, 2.45) is 0 Å². The van der Waals surface area contributed by atoms with Crippen LogP contribution in [-0.2, 0) is 14.8 Å². The molecule has 0 aliphatic rings. The van der Waals surface area contributed by atoms with Gasteiger partial charge in [-0.1, -0.05) is 11.6 Å². The van der Waals surface area contributed by atoms with Gasteiger partial charge < -0.3 is 15.5 Å². The average molecular weight is 365 g/mol. The number of carbonyl (C=O) groups excluding carboxylic acids is 1. The number of benzene rings is 1. The molecule has 1 aromatic carbocycles. The molecule has 0 heterocycles. The summed E-state index contributed by atoms with van der Waals surface area (Å²) in [7, 11) is -3.49. The first-order valence-electron chi connectivity index (χ1n) is 6.48. The van der Waals surface area contributed by atoms with E-state index in [4.69, 9.17) is 16.7 Å². The van der Waals surface area contributed by atoms with Gasteiger partial charge >= 0.3 is 5.97 Å². The van der Waals surface area contributed by atoms with Crippen molar-refractivity contribution in [3.05, 3.63) is 28.8 Å². The number of aliphatic hydroxyl groups excluding tert-OH is 1. The zero-order valence-electron chi connectivity index (χ0n) is 12.4. The molecule has 0 spiro atoms. The molecule has 0 aromatic heterocycles. The zero-order chi connectivity index (χ0) is 17.8. The fourth-order valence-electron chi connectivity index (χ4n) is 1.78. The highest BCUT2D eigenvalue weighted by Crippen LogP contribution is 2.22. The Balaban J connectivity index is 2.93. The lowest BCUT2D eigenvalue weighted by atomic mass is 10.1.